The van der Waals surface area contributed by atoms with Crippen LogP contribution in [0.4, 0.5) is 35.3 Å². The van der Waals surface area contributed by atoms with Crippen LogP contribution in [-0.2, 0) is 6.18 Å². The van der Waals surface area contributed by atoms with Gasteiger partial charge in [-0.25, -0.2) is 19.7 Å². The Labute approximate surface area is 210 Å². The number of hydrogen-bond acceptors (Lipinski definition) is 6. The van der Waals surface area contributed by atoms with Crippen molar-refractivity contribution in [2.75, 3.05) is 28.7 Å². The Kier molecular flexibility index (Phi) is 6.28. The molecule has 5 rings (SSSR count). The third-order valence-electron chi connectivity index (χ3n) is 6.23. The summed E-state index contributed by atoms with van der Waals surface area (Å²) in [6.07, 6.45) is 0.600. The van der Waals surface area contributed by atoms with E-state index in [2.05, 4.69) is 20.3 Å². The predicted molar refractivity (Wildman–Crippen MR) is 133 cm³/mol. The molecule has 0 bridgehead atoms. The van der Waals surface area contributed by atoms with E-state index in [1.54, 1.807) is 42.7 Å². The summed E-state index contributed by atoms with van der Waals surface area (Å²) in [6, 6.07) is 11.1. The zero-order valence-corrected chi connectivity index (χ0v) is 20.0. The van der Waals surface area contributed by atoms with Crippen molar-refractivity contribution in [2.24, 2.45) is 0 Å². The number of amides is 2. The van der Waals surface area contributed by atoms with Gasteiger partial charge < -0.3 is 9.32 Å². The SMILES string of the molecule is C[C@@H]1CCN(C)c2ccc(-c3cccc(C(F)(F)F)c3)nc2N1C(=O)Nc1cc(-c2cnco2)ccn1. The number of nitrogens with zero attached hydrogens (tertiary/aromatic N) is 5. The number of nitrogens with one attached hydrogen (secondary N) is 1. The number of carbonyl (C=O) groups is 1. The van der Waals surface area contributed by atoms with Gasteiger partial charge in [-0.3, -0.25) is 10.2 Å². The Bertz CT molecular complexity index is 1420. The Hall–Kier alpha value is -4.41. The highest BCUT2D eigenvalue weighted by Crippen LogP contribution is 2.37. The van der Waals surface area contributed by atoms with Crippen LogP contribution in [0.1, 0.15) is 18.9 Å². The molecular formula is C26H23F3N6O2. The molecular weight excluding hydrogens is 485 g/mol. The smallest absolute Gasteiger partial charge is 0.416 e. The van der Waals surface area contributed by atoms with E-state index in [1.165, 1.54) is 17.4 Å². The number of rotatable bonds is 3. The van der Waals surface area contributed by atoms with Crippen molar-refractivity contribution < 1.29 is 22.4 Å². The summed E-state index contributed by atoms with van der Waals surface area (Å²) in [4.78, 5) is 29.9. The average Bonchev–Trinajstić information content (AvgIpc) is 3.38. The van der Waals surface area contributed by atoms with Gasteiger partial charge in [0.2, 0.25) is 0 Å². The minimum atomic E-state index is -4.48. The summed E-state index contributed by atoms with van der Waals surface area (Å²) in [5.41, 5.74) is 1.25. The number of oxazole rings is 1. The highest BCUT2D eigenvalue weighted by Gasteiger charge is 2.32. The molecule has 0 fully saturated rings. The van der Waals surface area contributed by atoms with Gasteiger partial charge in [0, 0.05) is 37.0 Å². The summed E-state index contributed by atoms with van der Waals surface area (Å²) >= 11 is 0. The molecule has 2 amide bonds. The Balaban J connectivity index is 1.51. The molecule has 3 aromatic heterocycles. The van der Waals surface area contributed by atoms with Crippen molar-refractivity contribution in [3.8, 4) is 22.6 Å². The fourth-order valence-corrected chi connectivity index (χ4v) is 4.25. The number of carbonyl (C=O) groups excluding carboxylic acids is 1. The Morgan fingerprint density at radius 2 is 1.97 bits per heavy atom. The Morgan fingerprint density at radius 1 is 1.14 bits per heavy atom. The second-order valence-electron chi connectivity index (χ2n) is 8.77. The topological polar surface area (TPSA) is 87.4 Å². The highest BCUT2D eigenvalue weighted by molar-refractivity contribution is 6.03. The van der Waals surface area contributed by atoms with Crippen LogP contribution >= 0.6 is 0 Å². The standard InChI is InChI=1S/C26H23F3N6O2/c1-16-9-11-34(2)21-7-6-20(17-4-3-5-19(12-17)26(27,28)29)32-24(21)35(16)25(36)33-23-13-18(8-10-31-23)22-14-30-15-37-22/h3-8,10,12-16H,9,11H2,1-2H3,(H,31,33,36)/t16-/m1/s1. The first-order valence-electron chi connectivity index (χ1n) is 11.6. The van der Waals surface area contributed by atoms with Crippen molar-refractivity contribution >= 4 is 23.4 Å². The van der Waals surface area contributed by atoms with Crippen LogP contribution in [0.25, 0.3) is 22.6 Å². The quantitative estimate of drug-likeness (QED) is 0.361. The zero-order valence-electron chi connectivity index (χ0n) is 20.0. The average molecular weight is 509 g/mol. The number of anilines is 3. The molecule has 37 heavy (non-hydrogen) atoms. The highest BCUT2D eigenvalue weighted by atomic mass is 19.4. The number of hydrogen-bond donors (Lipinski definition) is 1. The van der Waals surface area contributed by atoms with E-state index in [0.29, 0.717) is 52.9 Å². The molecule has 0 aliphatic carbocycles. The molecule has 1 aliphatic rings. The normalized spacial score (nSPS) is 15.8. The lowest BCUT2D eigenvalue weighted by Crippen LogP contribution is -2.42. The van der Waals surface area contributed by atoms with E-state index < -0.39 is 17.8 Å². The third-order valence-corrected chi connectivity index (χ3v) is 6.23. The maximum Gasteiger partial charge on any atom is 0.416 e. The number of pyridine rings is 2. The number of alkyl halides is 3. The van der Waals surface area contributed by atoms with Crippen LogP contribution in [0.2, 0.25) is 0 Å². The van der Waals surface area contributed by atoms with Crippen LogP contribution in [0, 0.1) is 0 Å². The lowest BCUT2D eigenvalue weighted by molar-refractivity contribution is -0.137. The first-order chi connectivity index (χ1) is 17.7. The maximum atomic E-state index is 13.6. The first-order valence-corrected chi connectivity index (χ1v) is 11.6. The molecule has 0 spiro atoms. The number of halogens is 3. The predicted octanol–water partition coefficient (Wildman–Crippen LogP) is 6.08. The summed E-state index contributed by atoms with van der Waals surface area (Å²) in [6.45, 7) is 2.57. The molecule has 0 saturated carbocycles. The molecule has 1 atom stereocenters. The molecule has 0 radical (unpaired) electrons. The molecule has 4 aromatic rings. The molecule has 8 nitrogen and oxygen atoms in total. The fourth-order valence-electron chi connectivity index (χ4n) is 4.25. The van der Waals surface area contributed by atoms with Gasteiger partial charge in [0.25, 0.3) is 0 Å². The summed E-state index contributed by atoms with van der Waals surface area (Å²) in [5, 5.41) is 2.82. The van der Waals surface area contributed by atoms with Gasteiger partial charge in [0.1, 0.15) is 5.82 Å². The molecule has 190 valence electrons. The minimum Gasteiger partial charge on any atom is -0.444 e. The molecule has 0 unspecified atom stereocenters. The molecule has 4 heterocycles. The van der Waals surface area contributed by atoms with Gasteiger partial charge in [-0.15, -0.1) is 0 Å². The van der Waals surface area contributed by atoms with Gasteiger partial charge in [0.05, 0.1) is 23.1 Å². The van der Waals surface area contributed by atoms with E-state index in [9.17, 15) is 18.0 Å². The molecule has 11 heteroatoms. The fraction of sp³-hybridized carbons (Fsp3) is 0.231. The van der Waals surface area contributed by atoms with Gasteiger partial charge >= 0.3 is 12.2 Å². The lowest BCUT2D eigenvalue weighted by Gasteiger charge is -2.28. The number of urea groups is 1. The van der Waals surface area contributed by atoms with Gasteiger partial charge in [-0.1, -0.05) is 12.1 Å². The van der Waals surface area contributed by atoms with E-state index >= 15 is 0 Å². The van der Waals surface area contributed by atoms with Crippen LogP contribution in [0.15, 0.2) is 71.7 Å². The van der Waals surface area contributed by atoms with Crippen molar-refractivity contribution in [3.05, 3.63) is 72.9 Å². The van der Waals surface area contributed by atoms with E-state index in [4.69, 9.17) is 4.42 Å². The zero-order chi connectivity index (χ0) is 26.2. The second kappa shape index (κ2) is 9.57. The van der Waals surface area contributed by atoms with E-state index in [1.807, 2.05) is 18.9 Å². The Morgan fingerprint density at radius 3 is 2.73 bits per heavy atom. The maximum absolute atomic E-state index is 13.6. The largest absolute Gasteiger partial charge is 0.444 e. The summed E-state index contributed by atoms with van der Waals surface area (Å²) in [5.74, 6) is 1.19. The third kappa shape index (κ3) is 4.97. The van der Waals surface area contributed by atoms with Crippen LogP contribution in [-0.4, -0.2) is 40.6 Å². The number of benzene rings is 1. The first kappa shape index (κ1) is 24.3. The van der Waals surface area contributed by atoms with E-state index in [0.717, 1.165) is 12.1 Å². The minimum absolute atomic E-state index is 0.245. The molecule has 1 aromatic carbocycles. The van der Waals surface area contributed by atoms with Crippen molar-refractivity contribution in [2.45, 2.75) is 25.6 Å². The van der Waals surface area contributed by atoms with Crippen molar-refractivity contribution in [3.63, 3.8) is 0 Å². The van der Waals surface area contributed by atoms with Crippen LogP contribution in [0.3, 0.4) is 0 Å². The van der Waals surface area contributed by atoms with Gasteiger partial charge in [-0.05, 0) is 49.7 Å². The van der Waals surface area contributed by atoms with Crippen LogP contribution < -0.4 is 15.1 Å². The molecule has 0 saturated heterocycles. The summed E-state index contributed by atoms with van der Waals surface area (Å²) < 4.78 is 45.2. The number of aromatic nitrogens is 3. The summed E-state index contributed by atoms with van der Waals surface area (Å²) in [7, 11) is 1.89. The van der Waals surface area contributed by atoms with Gasteiger partial charge in [0.15, 0.2) is 18.0 Å². The monoisotopic (exact) mass is 508 g/mol. The second-order valence-corrected chi connectivity index (χ2v) is 8.77. The van der Waals surface area contributed by atoms with Crippen molar-refractivity contribution in [1.29, 1.82) is 0 Å². The molecule has 1 aliphatic heterocycles. The molecule has 1 N–H and O–H groups in total. The van der Waals surface area contributed by atoms with Crippen LogP contribution in [0.5, 0.6) is 0 Å². The number of fused-ring (bicyclic) bond motifs is 1. The lowest BCUT2D eigenvalue weighted by atomic mass is 10.1. The van der Waals surface area contributed by atoms with Gasteiger partial charge in [-0.2, -0.15) is 13.2 Å². The van der Waals surface area contributed by atoms with E-state index in [-0.39, 0.29) is 6.04 Å². The van der Waals surface area contributed by atoms with Crippen molar-refractivity contribution in [1.82, 2.24) is 15.0 Å².